The van der Waals surface area contributed by atoms with Crippen LogP contribution in [0.1, 0.15) is 5.56 Å². The molecule has 9 nitrogen and oxygen atoms in total. The average molecular weight is 413 g/mol. The first-order valence-corrected chi connectivity index (χ1v) is 9.48. The lowest BCUT2D eigenvalue weighted by atomic mass is 10.2. The van der Waals surface area contributed by atoms with Gasteiger partial charge in [0, 0.05) is 6.20 Å². The minimum absolute atomic E-state index is 0.0452. The molecule has 0 spiro atoms. The van der Waals surface area contributed by atoms with Crippen LogP contribution >= 0.6 is 0 Å². The van der Waals surface area contributed by atoms with Crippen molar-refractivity contribution in [2.75, 3.05) is 15.8 Å². The highest BCUT2D eigenvalue weighted by Crippen LogP contribution is 2.34. The molecule has 0 bridgehead atoms. The molecule has 0 unspecified atom stereocenters. The van der Waals surface area contributed by atoms with Gasteiger partial charge in [-0.25, -0.2) is 15.0 Å². The zero-order chi connectivity index (χ0) is 21.6. The molecule has 0 saturated carbocycles. The van der Waals surface area contributed by atoms with Crippen LogP contribution in [0, 0.1) is 17.0 Å². The number of nitro groups is 1. The fourth-order valence-corrected chi connectivity index (χ4v) is 2.99. The molecule has 2 N–H and O–H groups in total. The topological polar surface area (TPSA) is 109 Å². The number of para-hydroxylation sites is 2. The van der Waals surface area contributed by atoms with E-state index in [2.05, 4.69) is 25.7 Å². The minimum atomic E-state index is -0.517. The number of anilines is 5. The van der Waals surface area contributed by atoms with Gasteiger partial charge in [-0.2, -0.15) is 0 Å². The fraction of sp³-hybridized carbons (Fsp3) is 0.0455. The Morgan fingerprint density at radius 1 is 0.806 bits per heavy atom. The zero-order valence-electron chi connectivity index (χ0n) is 16.6. The van der Waals surface area contributed by atoms with E-state index in [1.807, 2.05) is 73.7 Å². The highest BCUT2D eigenvalue weighted by molar-refractivity contribution is 5.77. The van der Waals surface area contributed by atoms with Gasteiger partial charge in [-0.05, 0) is 42.8 Å². The van der Waals surface area contributed by atoms with Crippen molar-refractivity contribution in [3.8, 4) is 0 Å². The molecule has 4 aromatic rings. The maximum Gasteiger partial charge on any atom is 0.355 e. The van der Waals surface area contributed by atoms with Crippen LogP contribution in [0.5, 0.6) is 0 Å². The number of hydrogen-bond acceptors (Lipinski definition) is 8. The summed E-state index contributed by atoms with van der Waals surface area (Å²) in [4.78, 5) is 23.9. The molecular weight excluding hydrogens is 394 g/mol. The molecule has 0 amide bonds. The lowest BCUT2D eigenvalue weighted by molar-refractivity contribution is -0.383. The van der Waals surface area contributed by atoms with E-state index in [1.165, 1.54) is 6.33 Å². The molecule has 2 aromatic heterocycles. The van der Waals surface area contributed by atoms with Gasteiger partial charge < -0.3 is 5.32 Å². The average Bonchev–Trinajstić information content (AvgIpc) is 2.80. The Morgan fingerprint density at radius 3 is 2.00 bits per heavy atom. The van der Waals surface area contributed by atoms with Gasteiger partial charge in [0.1, 0.15) is 12.1 Å². The van der Waals surface area contributed by atoms with Crippen LogP contribution in [-0.4, -0.2) is 19.9 Å². The third-order valence-corrected chi connectivity index (χ3v) is 4.50. The normalized spacial score (nSPS) is 10.4. The SMILES string of the molecule is Cc1cccnc1Nc1ncnc(NN(c2ccccc2)c2ccccc2)c1[N+](=O)[O-]. The van der Waals surface area contributed by atoms with E-state index < -0.39 is 4.92 Å². The highest BCUT2D eigenvalue weighted by atomic mass is 16.6. The van der Waals surface area contributed by atoms with Gasteiger partial charge >= 0.3 is 5.69 Å². The second-order valence-corrected chi connectivity index (χ2v) is 6.59. The number of hydrazine groups is 1. The predicted molar refractivity (Wildman–Crippen MR) is 120 cm³/mol. The number of rotatable bonds is 7. The summed E-state index contributed by atoms with van der Waals surface area (Å²) in [5, 5.41) is 16.7. The number of nitrogens with zero attached hydrogens (tertiary/aromatic N) is 5. The Bertz CT molecular complexity index is 1150. The van der Waals surface area contributed by atoms with Gasteiger partial charge in [0.2, 0.25) is 11.6 Å². The van der Waals surface area contributed by atoms with Crippen LogP contribution in [0.15, 0.2) is 85.3 Å². The van der Waals surface area contributed by atoms with Crippen LogP contribution in [0.2, 0.25) is 0 Å². The summed E-state index contributed by atoms with van der Waals surface area (Å²) in [5.41, 5.74) is 5.21. The van der Waals surface area contributed by atoms with E-state index >= 15 is 0 Å². The minimum Gasteiger partial charge on any atom is -0.319 e. The number of pyridine rings is 1. The molecule has 2 aromatic carbocycles. The molecule has 0 atom stereocenters. The van der Waals surface area contributed by atoms with Crippen LogP contribution in [0.25, 0.3) is 0 Å². The summed E-state index contributed by atoms with van der Waals surface area (Å²) >= 11 is 0. The molecule has 9 heteroatoms. The molecule has 0 aliphatic rings. The third kappa shape index (κ3) is 4.40. The Morgan fingerprint density at radius 2 is 1.42 bits per heavy atom. The monoisotopic (exact) mass is 413 g/mol. The van der Waals surface area contributed by atoms with Crippen molar-refractivity contribution in [1.82, 2.24) is 15.0 Å². The van der Waals surface area contributed by atoms with Crippen molar-refractivity contribution in [3.63, 3.8) is 0 Å². The Labute approximate surface area is 178 Å². The Hall–Kier alpha value is -4.53. The van der Waals surface area contributed by atoms with Crippen molar-refractivity contribution >= 4 is 34.5 Å². The first-order valence-electron chi connectivity index (χ1n) is 9.48. The quantitative estimate of drug-likeness (QED) is 0.322. The molecule has 0 aliphatic carbocycles. The molecular formula is C22H19N7O2. The number of aromatic nitrogens is 3. The zero-order valence-corrected chi connectivity index (χ0v) is 16.6. The summed E-state index contributed by atoms with van der Waals surface area (Å²) in [7, 11) is 0. The molecule has 154 valence electrons. The Kier molecular flexibility index (Phi) is 5.66. The molecule has 0 saturated heterocycles. The van der Waals surface area contributed by atoms with Crippen LogP contribution < -0.4 is 15.8 Å². The second kappa shape index (κ2) is 8.87. The number of aryl methyl sites for hydroxylation is 1. The van der Waals surface area contributed by atoms with Gasteiger partial charge in [0.25, 0.3) is 0 Å². The summed E-state index contributed by atoms with van der Waals surface area (Å²) < 4.78 is 0. The van der Waals surface area contributed by atoms with Crippen LogP contribution in [0.4, 0.5) is 34.5 Å². The van der Waals surface area contributed by atoms with Crippen LogP contribution in [0.3, 0.4) is 0 Å². The summed E-state index contributed by atoms with van der Waals surface area (Å²) in [6.07, 6.45) is 2.87. The summed E-state index contributed by atoms with van der Waals surface area (Å²) in [6, 6.07) is 22.6. The predicted octanol–water partition coefficient (Wildman–Crippen LogP) is 5.00. The van der Waals surface area contributed by atoms with E-state index in [0.717, 1.165) is 16.9 Å². The molecule has 0 radical (unpaired) electrons. The van der Waals surface area contributed by atoms with Crippen molar-refractivity contribution in [3.05, 3.63) is 101 Å². The number of hydrogen-bond donors (Lipinski definition) is 2. The first kappa shape index (κ1) is 19.8. The first-order chi connectivity index (χ1) is 15.1. The van der Waals surface area contributed by atoms with Crippen LogP contribution in [-0.2, 0) is 0 Å². The number of benzene rings is 2. The van der Waals surface area contributed by atoms with E-state index in [9.17, 15) is 10.1 Å². The smallest absolute Gasteiger partial charge is 0.319 e. The molecule has 4 rings (SSSR count). The van der Waals surface area contributed by atoms with Gasteiger partial charge in [-0.15, -0.1) is 0 Å². The van der Waals surface area contributed by atoms with E-state index in [1.54, 1.807) is 17.3 Å². The summed E-state index contributed by atoms with van der Waals surface area (Å²) in [5.74, 6) is 0.576. The largest absolute Gasteiger partial charge is 0.355 e. The van der Waals surface area contributed by atoms with Crippen molar-refractivity contribution in [2.24, 2.45) is 0 Å². The van der Waals surface area contributed by atoms with Crippen molar-refractivity contribution < 1.29 is 4.92 Å². The maximum absolute atomic E-state index is 12.0. The molecule has 0 aliphatic heterocycles. The fourth-order valence-electron chi connectivity index (χ4n) is 2.99. The van der Waals surface area contributed by atoms with Gasteiger partial charge in [0.15, 0.2) is 0 Å². The van der Waals surface area contributed by atoms with Gasteiger partial charge in [-0.3, -0.25) is 20.5 Å². The summed E-state index contributed by atoms with van der Waals surface area (Å²) in [6.45, 7) is 1.86. The highest BCUT2D eigenvalue weighted by Gasteiger charge is 2.25. The van der Waals surface area contributed by atoms with E-state index in [-0.39, 0.29) is 17.3 Å². The third-order valence-electron chi connectivity index (χ3n) is 4.50. The maximum atomic E-state index is 12.0. The van der Waals surface area contributed by atoms with E-state index in [4.69, 9.17) is 0 Å². The van der Waals surface area contributed by atoms with Gasteiger partial charge in [-0.1, -0.05) is 42.5 Å². The van der Waals surface area contributed by atoms with Crippen molar-refractivity contribution in [2.45, 2.75) is 6.92 Å². The standard InChI is InChI=1S/C22H19N7O2/c1-16-9-8-14-23-20(16)26-21-19(29(30)31)22(25-15-24-21)27-28(17-10-4-2-5-11-17)18-12-6-3-7-13-18/h2-15H,1H3,(H2,23,24,25,26,27). The lowest BCUT2D eigenvalue weighted by Gasteiger charge is -2.26. The molecule has 0 fully saturated rings. The van der Waals surface area contributed by atoms with Gasteiger partial charge in [0.05, 0.1) is 16.3 Å². The Balaban J connectivity index is 1.76. The number of nitrogens with one attached hydrogen (secondary N) is 2. The second-order valence-electron chi connectivity index (χ2n) is 6.59. The van der Waals surface area contributed by atoms with Crippen molar-refractivity contribution in [1.29, 1.82) is 0 Å². The molecule has 31 heavy (non-hydrogen) atoms. The van der Waals surface area contributed by atoms with E-state index in [0.29, 0.717) is 5.82 Å². The molecule has 2 heterocycles. The lowest BCUT2D eigenvalue weighted by Crippen LogP contribution is -2.26.